The van der Waals surface area contributed by atoms with Gasteiger partial charge in [-0.2, -0.15) is 0 Å². The number of aliphatic hydroxyl groups is 1. The van der Waals surface area contributed by atoms with Crippen LogP contribution in [0.15, 0.2) is 12.2 Å². The quantitative estimate of drug-likeness (QED) is 0.699. The van der Waals surface area contributed by atoms with E-state index in [1.54, 1.807) is 0 Å². The number of carbonyl (C=O) groups excluding carboxylic acids is 1. The molecule has 0 radical (unpaired) electrons. The molecule has 15 heavy (non-hydrogen) atoms. The molecule has 84 valence electrons. The molecule has 1 fully saturated rings. The Morgan fingerprint density at radius 2 is 2.27 bits per heavy atom. The third-order valence-electron chi connectivity index (χ3n) is 3.89. The highest BCUT2D eigenvalue weighted by Gasteiger charge is 2.55. The van der Waals surface area contributed by atoms with Gasteiger partial charge in [-0.05, 0) is 13.3 Å². The van der Waals surface area contributed by atoms with Gasteiger partial charge in [-0.15, -0.1) is 0 Å². The van der Waals surface area contributed by atoms with Crippen molar-refractivity contribution in [3.63, 3.8) is 0 Å². The minimum atomic E-state index is -0.766. The van der Waals surface area contributed by atoms with E-state index in [2.05, 4.69) is 0 Å². The normalized spacial score (nSPS) is 45.9. The van der Waals surface area contributed by atoms with Crippen LogP contribution >= 0.6 is 0 Å². The molecule has 2 bridgehead atoms. The summed E-state index contributed by atoms with van der Waals surface area (Å²) in [4.78, 5) is 12.2. The van der Waals surface area contributed by atoms with E-state index in [1.807, 2.05) is 32.9 Å². The number of ketones is 1. The highest BCUT2D eigenvalue weighted by Crippen LogP contribution is 2.44. The fourth-order valence-electron chi connectivity index (χ4n) is 2.65. The summed E-state index contributed by atoms with van der Waals surface area (Å²) >= 11 is 0. The second kappa shape index (κ2) is 3.42. The molecule has 3 heteroatoms. The maximum absolute atomic E-state index is 12.2. The van der Waals surface area contributed by atoms with Gasteiger partial charge in [0.25, 0.3) is 0 Å². The minimum absolute atomic E-state index is 0.0837. The fourth-order valence-corrected chi connectivity index (χ4v) is 2.65. The van der Waals surface area contributed by atoms with Crippen LogP contribution in [-0.2, 0) is 9.53 Å². The molecule has 1 saturated heterocycles. The molecular weight excluding hydrogens is 192 g/mol. The summed E-state index contributed by atoms with van der Waals surface area (Å²) in [5.41, 5.74) is -0.766. The molecule has 0 aromatic carbocycles. The SMILES string of the molecule is CC[C@H](O)[C@]1(C)C(=O)[C@@H](C)[C@H]2C=C[C@@H]1O2. The van der Waals surface area contributed by atoms with E-state index in [0.29, 0.717) is 6.42 Å². The molecule has 0 amide bonds. The summed E-state index contributed by atoms with van der Waals surface area (Å²) in [5.74, 6) is -0.0192. The second-order valence-corrected chi connectivity index (χ2v) is 4.77. The minimum Gasteiger partial charge on any atom is -0.392 e. The molecule has 0 aromatic rings. The summed E-state index contributed by atoms with van der Waals surface area (Å²) in [6.45, 7) is 5.58. The average Bonchev–Trinajstić information content (AvgIpc) is 2.70. The van der Waals surface area contributed by atoms with E-state index in [9.17, 15) is 9.90 Å². The van der Waals surface area contributed by atoms with Gasteiger partial charge in [0, 0.05) is 5.92 Å². The van der Waals surface area contributed by atoms with Crippen LogP contribution in [0.4, 0.5) is 0 Å². The van der Waals surface area contributed by atoms with Crippen LogP contribution in [0.2, 0.25) is 0 Å². The predicted octanol–water partition coefficient (Wildman–Crippen LogP) is 1.31. The lowest BCUT2D eigenvalue weighted by Crippen LogP contribution is -2.56. The number of hydrogen-bond donors (Lipinski definition) is 1. The largest absolute Gasteiger partial charge is 0.392 e. The van der Waals surface area contributed by atoms with Gasteiger partial charge in [0.1, 0.15) is 5.78 Å². The van der Waals surface area contributed by atoms with Crippen LogP contribution in [0.3, 0.4) is 0 Å². The molecule has 1 N–H and O–H groups in total. The molecule has 0 aliphatic carbocycles. The van der Waals surface area contributed by atoms with Gasteiger partial charge in [-0.25, -0.2) is 0 Å². The van der Waals surface area contributed by atoms with Crippen molar-refractivity contribution >= 4 is 5.78 Å². The van der Waals surface area contributed by atoms with E-state index >= 15 is 0 Å². The molecule has 2 rings (SSSR count). The lowest BCUT2D eigenvalue weighted by molar-refractivity contribution is -0.170. The van der Waals surface area contributed by atoms with E-state index < -0.39 is 11.5 Å². The van der Waals surface area contributed by atoms with Crippen molar-refractivity contribution in [3.05, 3.63) is 12.2 Å². The zero-order chi connectivity index (χ0) is 11.2. The first-order chi connectivity index (χ1) is 7.01. The van der Waals surface area contributed by atoms with Crippen LogP contribution in [0.5, 0.6) is 0 Å². The number of aliphatic hydroxyl groups excluding tert-OH is 1. The third-order valence-corrected chi connectivity index (χ3v) is 3.89. The molecule has 0 spiro atoms. The highest BCUT2D eigenvalue weighted by molar-refractivity contribution is 5.90. The average molecular weight is 210 g/mol. The number of fused-ring (bicyclic) bond motifs is 2. The monoisotopic (exact) mass is 210 g/mol. The second-order valence-electron chi connectivity index (χ2n) is 4.77. The van der Waals surface area contributed by atoms with Crippen LogP contribution in [0, 0.1) is 11.3 Å². The molecule has 2 aliphatic heterocycles. The molecular formula is C12H18O3. The zero-order valence-corrected chi connectivity index (χ0v) is 9.43. The van der Waals surface area contributed by atoms with E-state index in [4.69, 9.17) is 4.74 Å². The highest BCUT2D eigenvalue weighted by atomic mass is 16.5. The van der Waals surface area contributed by atoms with Crippen LogP contribution in [-0.4, -0.2) is 29.2 Å². The van der Waals surface area contributed by atoms with Crippen molar-refractivity contribution in [1.82, 2.24) is 0 Å². The smallest absolute Gasteiger partial charge is 0.150 e. The Labute approximate surface area is 90.1 Å². The first kappa shape index (κ1) is 10.8. The van der Waals surface area contributed by atoms with Gasteiger partial charge in [0.2, 0.25) is 0 Å². The van der Waals surface area contributed by atoms with Crippen molar-refractivity contribution < 1.29 is 14.6 Å². The van der Waals surface area contributed by atoms with Crippen molar-refractivity contribution in [1.29, 1.82) is 0 Å². The summed E-state index contributed by atoms with van der Waals surface area (Å²) in [5, 5.41) is 10.0. The number of carbonyl (C=O) groups is 1. The van der Waals surface area contributed by atoms with Crippen molar-refractivity contribution in [2.45, 2.75) is 45.5 Å². The van der Waals surface area contributed by atoms with Crippen molar-refractivity contribution in [2.75, 3.05) is 0 Å². The topological polar surface area (TPSA) is 46.5 Å². The van der Waals surface area contributed by atoms with Gasteiger partial charge >= 0.3 is 0 Å². The molecule has 0 saturated carbocycles. The van der Waals surface area contributed by atoms with Gasteiger partial charge in [-0.1, -0.05) is 26.0 Å². The van der Waals surface area contributed by atoms with Crippen LogP contribution < -0.4 is 0 Å². The molecule has 3 nitrogen and oxygen atoms in total. The maximum atomic E-state index is 12.2. The first-order valence-electron chi connectivity index (χ1n) is 5.58. The summed E-state index contributed by atoms with van der Waals surface area (Å²) in [6.07, 6.45) is 3.49. The standard InChI is InChI=1S/C12H18O3/c1-4-9(13)12(3)10-6-5-8(15-10)7(2)11(12)14/h5-10,13H,4H2,1-3H3/t7-,8+,9-,10-,12-/m0/s1. The Bertz CT molecular complexity index is 310. The van der Waals surface area contributed by atoms with Gasteiger partial charge in [0.05, 0.1) is 23.7 Å². The summed E-state index contributed by atoms with van der Waals surface area (Å²) in [7, 11) is 0. The third kappa shape index (κ3) is 1.30. The predicted molar refractivity (Wildman–Crippen MR) is 56.4 cm³/mol. The summed E-state index contributed by atoms with van der Waals surface area (Å²) in [6, 6.07) is 0. The number of ether oxygens (including phenoxy) is 1. The number of rotatable bonds is 2. The van der Waals surface area contributed by atoms with E-state index in [-0.39, 0.29) is 23.9 Å². The van der Waals surface area contributed by atoms with E-state index in [0.717, 1.165) is 0 Å². The van der Waals surface area contributed by atoms with Crippen molar-refractivity contribution in [3.8, 4) is 0 Å². The molecule has 2 aliphatic rings. The lowest BCUT2D eigenvalue weighted by Gasteiger charge is -2.43. The Balaban J connectivity index is 2.37. The van der Waals surface area contributed by atoms with Crippen LogP contribution in [0.1, 0.15) is 27.2 Å². The molecule has 2 heterocycles. The molecule has 5 atom stereocenters. The summed E-state index contributed by atoms with van der Waals surface area (Å²) < 4.78 is 5.73. The van der Waals surface area contributed by atoms with Gasteiger partial charge < -0.3 is 9.84 Å². The first-order valence-corrected chi connectivity index (χ1v) is 5.58. The Kier molecular flexibility index (Phi) is 2.47. The Morgan fingerprint density at radius 3 is 2.87 bits per heavy atom. The molecule has 0 unspecified atom stereocenters. The Hall–Kier alpha value is -0.670. The van der Waals surface area contributed by atoms with Crippen molar-refractivity contribution in [2.24, 2.45) is 11.3 Å². The van der Waals surface area contributed by atoms with E-state index in [1.165, 1.54) is 0 Å². The number of Topliss-reactive ketones (excluding diaryl/α,β-unsaturated/α-hetero) is 1. The van der Waals surface area contributed by atoms with Gasteiger partial charge in [-0.3, -0.25) is 4.79 Å². The van der Waals surface area contributed by atoms with Crippen LogP contribution in [0.25, 0.3) is 0 Å². The fraction of sp³-hybridized carbons (Fsp3) is 0.750. The Morgan fingerprint density at radius 1 is 1.60 bits per heavy atom. The van der Waals surface area contributed by atoms with Gasteiger partial charge in [0.15, 0.2) is 0 Å². The molecule has 0 aromatic heterocycles. The lowest BCUT2D eigenvalue weighted by atomic mass is 9.69. The maximum Gasteiger partial charge on any atom is 0.150 e. The zero-order valence-electron chi connectivity index (χ0n) is 9.43. The number of hydrogen-bond acceptors (Lipinski definition) is 3.